The monoisotopic (exact) mass is 480 g/mol. The van der Waals surface area contributed by atoms with Crippen LogP contribution in [0, 0.1) is 5.82 Å². The van der Waals surface area contributed by atoms with Crippen molar-refractivity contribution in [1.82, 2.24) is 14.5 Å². The fourth-order valence-electron chi connectivity index (χ4n) is 2.89. The Kier molecular flexibility index (Phi) is 5.73. The maximum atomic E-state index is 13.9. The third-order valence-electron chi connectivity index (χ3n) is 4.35. The predicted octanol–water partition coefficient (Wildman–Crippen LogP) is 2.97. The van der Waals surface area contributed by atoms with E-state index in [4.69, 9.17) is 11.6 Å². The van der Waals surface area contributed by atoms with Crippen LogP contribution in [0.3, 0.4) is 0 Å². The number of aromatic nitrogens is 2. The fraction of sp³-hybridized carbons (Fsp3) is 0.105. The molecule has 1 unspecified atom stereocenters. The van der Waals surface area contributed by atoms with Crippen molar-refractivity contribution in [1.29, 1.82) is 0 Å². The Morgan fingerprint density at radius 1 is 1.29 bits per heavy atom. The number of sulfonamides is 1. The molecule has 31 heavy (non-hydrogen) atoms. The van der Waals surface area contributed by atoms with Gasteiger partial charge in [-0.3, -0.25) is 9.59 Å². The van der Waals surface area contributed by atoms with E-state index in [1.54, 1.807) is 24.3 Å². The van der Waals surface area contributed by atoms with E-state index in [-0.39, 0.29) is 17.0 Å². The van der Waals surface area contributed by atoms with Crippen LogP contribution in [0.25, 0.3) is 5.69 Å². The number of carbonyl (C=O) groups excluding carboxylic acids is 2. The molecule has 12 heteroatoms. The van der Waals surface area contributed by atoms with E-state index in [1.165, 1.54) is 18.2 Å². The molecule has 0 fully saturated rings. The molecular formula is C19H14ClFN4O4S2. The van der Waals surface area contributed by atoms with Crippen molar-refractivity contribution in [2.24, 2.45) is 0 Å². The second kappa shape index (κ2) is 8.33. The molecule has 0 bridgehead atoms. The minimum absolute atomic E-state index is 0.0596. The van der Waals surface area contributed by atoms with Gasteiger partial charge in [0, 0.05) is 16.3 Å². The van der Waals surface area contributed by atoms with Crippen LogP contribution in [0.15, 0.2) is 64.6 Å². The first-order valence-corrected chi connectivity index (χ1v) is 11.6. The lowest BCUT2D eigenvalue weighted by Gasteiger charge is -2.23. The van der Waals surface area contributed by atoms with Crippen LogP contribution in [0.2, 0.25) is 5.02 Å². The minimum atomic E-state index is -4.26. The van der Waals surface area contributed by atoms with Crippen molar-refractivity contribution in [3.8, 4) is 5.69 Å². The Bertz CT molecular complexity index is 1300. The summed E-state index contributed by atoms with van der Waals surface area (Å²) in [6, 6.07) is 10.7. The lowest BCUT2D eigenvalue weighted by Crippen LogP contribution is -2.37. The van der Waals surface area contributed by atoms with E-state index in [0.717, 1.165) is 33.7 Å². The zero-order valence-electron chi connectivity index (χ0n) is 15.6. The summed E-state index contributed by atoms with van der Waals surface area (Å²) in [6.45, 7) is 0. The number of para-hydroxylation sites is 1. The standard InChI is InChI=1S/C19H14ClFN4O4S2/c20-11-5-6-16-14(7-11)23-19(27)17(30-16)8-18(26)24-31(28,29)12-9-22-25(10-12)15-4-2-1-3-13(15)21/h1-7,9-10,17H,8H2,(H,23,27)(H,24,26). The number of hydrogen-bond donors (Lipinski definition) is 2. The normalized spacial score (nSPS) is 15.8. The SMILES string of the molecule is O=C(CC1Sc2ccc(Cl)cc2NC1=O)NS(=O)(=O)c1cnn(-c2ccccc2F)c1. The molecule has 8 nitrogen and oxygen atoms in total. The summed E-state index contributed by atoms with van der Waals surface area (Å²) < 4.78 is 41.9. The lowest BCUT2D eigenvalue weighted by atomic mass is 10.2. The Hall–Kier alpha value is -2.89. The van der Waals surface area contributed by atoms with E-state index in [1.807, 2.05) is 4.72 Å². The molecule has 0 aliphatic carbocycles. The number of carbonyl (C=O) groups is 2. The fourth-order valence-corrected chi connectivity index (χ4v) is 5.08. The van der Waals surface area contributed by atoms with Gasteiger partial charge in [-0.15, -0.1) is 11.8 Å². The van der Waals surface area contributed by atoms with Gasteiger partial charge >= 0.3 is 0 Å². The Labute approximate surface area is 185 Å². The Balaban J connectivity index is 1.45. The highest BCUT2D eigenvalue weighted by Crippen LogP contribution is 2.38. The van der Waals surface area contributed by atoms with Gasteiger partial charge in [0.1, 0.15) is 16.4 Å². The molecule has 2 heterocycles. The number of thioether (sulfide) groups is 1. The summed E-state index contributed by atoms with van der Waals surface area (Å²) in [5.41, 5.74) is 0.594. The number of halogens is 2. The van der Waals surface area contributed by atoms with Gasteiger partial charge < -0.3 is 5.32 Å². The van der Waals surface area contributed by atoms with Gasteiger partial charge in [-0.2, -0.15) is 5.10 Å². The molecule has 0 spiro atoms. The molecule has 2 amide bonds. The molecule has 4 rings (SSSR count). The van der Waals surface area contributed by atoms with E-state index in [2.05, 4.69) is 10.4 Å². The topological polar surface area (TPSA) is 110 Å². The average Bonchev–Trinajstić information content (AvgIpc) is 3.20. The highest BCUT2D eigenvalue weighted by molar-refractivity contribution is 8.01. The van der Waals surface area contributed by atoms with E-state index >= 15 is 0 Å². The van der Waals surface area contributed by atoms with Crippen LogP contribution < -0.4 is 10.0 Å². The molecule has 0 saturated carbocycles. The number of hydrogen-bond acceptors (Lipinski definition) is 6. The number of anilines is 1. The van der Waals surface area contributed by atoms with Crippen molar-refractivity contribution < 1.29 is 22.4 Å². The van der Waals surface area contributed by atoms with Crippen LogP contribution in [-0.2, 0) is 19.6 Å². The number of nitrogens with one attached hydrogen (secondary N) is 2. The summed E-state index contributed by atoms with van der Waals surface area (Å²) in [5.74, 6) is -1.87. The van der Waals surface area contributed by atoms with Crippen molar-refractivity contribution in [3.05, 3.63) is 65.7 Å². The summed E-state index contributed by atoms with van der Waals surface area (Å²) in [6.07, 6.45) is 1.74. The summed E-state index contributed by atoms with van der Waals surface area (Å²) in [5, 5.41) is 6.14. The van der Waals surface area contributed by atoms with Gasteiger partial charge in [-0.05, 0) is 30.3 Å². The van der Waals surface area contributed by atoms with Crippen LogP contribution in [0.1, 0.15) is 6.42 Å². The smallest absolute Gasteiger partial charge is 0.267 e. The van der Waals surface area contributed by atoms with Crippen LogP contribution in [0.4, 0.5) is 10.1 Å². The van der Waals surface area contributed by atoms with E-state index in [9.17, 15) is 22.4 Å². The number of rotatable bonds is 5. The Morgan fingerprint density at radius 2 is 2.06 bits per heavy atom. The maximum absolute atomic E-state index is 13.9. The highest BCUT2D eigenvalue weighted by atomic mass is 35.5. The molecule has 0 saturated heterocycles. The van der Waals surface area contributed by atoms with Gasteiger partial charge in [0.05, 0.1) is 23.3 Å². The zero-order chi connectivity index (χ0) is 22.2. The molecule has 160 valence electrons. The summed E-state index contributed by atoms with van der Waals surface area (Å²) in [4.78, 5) is 25.0. The largest absolute Gasteiger partial charge is 0.324 e. The highest BCUT2D eigenvalue weighted by Gasteiger charge is 2.31. The molecular weight excluding hydrogens is 467 g/mol. The van der Waals surface area contributed by atoms with Gasteiger partial charge in [0.25, 0.3) is 10.0 Å². The second-order valence-corrected chi connectivity index (χ2v) is 9.90. The second-order valence-electron chi connectivity index (χ2n) is 6.54. The van der Waals surface area contributed by atoms with Crippen molar-refractivity contribution >= 4 is 50.9 Å². The summed E-state index contributed by atoms with van der Waals surface area (Å²) >= 11 is 7.05. The minimum Gasteiger partial charge on any atom is -0.324 e. The lowest BCUT2D eigenvalue weighted by molar-refractivity contribution is -0.122. The first-order valence-electron chi connectivity index (χ1n) is 8.85. The van der Waals surface area contributed by atoms with Crippen molar-refractivity contribution in [2.45, 2.75) is 21.5 Å². The number of nitrogens with zero attached hydrogens (tertiary/aromatic N) is 2. The number of benzene rings is 2. The molecule has 0 radical (unpaired) electrons. The van der Waals surface area contributed by atoms with Gasteiger partial charge in [-0.25, -0.2) is 22.2 Å². The zero-order valence-corrected chi connectivity index (χ0v) is 18.0. The summed E-state index contributed by atoms with van der Waals surface area (Å²) in [7, 11) is -4.26. The molecule has 1 aliphatic heterocycles. The third kappa shape index (κ3) is 4.58. The number of fused-ring (bicyclic) bond motifs is 1. The maximum Gasteiger partial charge on any atom is 0.267 e. The third-order valence-corrected chi connectivity index (χ3v) is 7.19. The van der Waals surface area contributed by atoms with E-state index < -0.39 is 32.9 Å². The van der Waals surface area contributed by atoms with Gasteiger partial charge in [0.2, 0.25) is 11.8 Å². The molecule has 2 aromatic carbocycles. The Morgan fingerprint density at radius 3 is 2.84 bits per heavy atom. The average molecular weight is 481 g/mol. The first-order chi connectivity index (χ1) is 14.7. The van der Waals surface area contributed by atoms with Crippen molar-refractivity contribution in [2.75, 3.05) is 5.32 Å². The van der Waals surface area contributed by atoms with Crippen molar-refractivity contribution in [3.63, 3.8) is 0 Å². The molecule has 3 aromatic rings. The van der Waals surface area contributed by atoms with Crippen LogP contribution in [0.5, 0.6) is 0 Å². The van der Waals surface area contributed by atoms with Crippen LogP contribution in [-0.4, -0.2) is 35.3 Å². The quantitative estimate of drug-likeness (QED) is 0.581. The molecule has 1 aliphatic rings. The molecule has 1 aromatic heterocycles. The van der Waals surface area contributed by atoms with Crippen LogP contribution >= 0.6 is 23.4 Å². The van der Waals surface area contributed by atoms with E-state index in [0.29, 0.717) is 10.7 Å². The predicted molar refractivity (Wildman–Crippen MR) is 113 cm³/mol. The molecule has 1 atom stereocenters. The number of amides is 2. The molecule has 2 N–H and O–H groups in total. The van der Waals surface area contributed by atoms with Gasteiger partial charge in [0.15, 0.2) is 0 Å². The first kappa shape index (κ1) is 21.3. The van der Waals surface area contributed by atoms with Gasteiger partial charge in [-0.1, -0.05) is 23.7 Å².